The topological polar surface area (TPSA) is 53.0 Å². The van der Waals surface area contributed by atoms with Crippen LogP contribution in [0.3, 0.4) is 0 Å². The molecule has 3 aliphatic rings. The van der Waals surface area contributed by atoms with E-state index in [1.807, 2.05) is 4.90 Å². The van der Waals surface area contributed by atoms with Crippen molar-refractivity contribution in [3.8, 4) is 0 Å². The summed E-state index contributed by atoms with van der Waals surface area (Å²) in [5.41, 5.74) is 0. The Morgan fingerprint density at radius 1 is 1.00 bits per heavy atom. The van der Waals surface area contributed by atoms with Crippen molar-refractivity contribution < 1.29 is 14.6 Å². The van der Waals surface area contributed by atoms with E-state index in [0.717, 1.165) is 32.5 Å². The van der Waals surface area contributed by atoms with Gasteiger partial charge in [0.2, 0.25) is 5.91 Å². The number of aliphatic hydroxyl groups excluding tert-OH is 1. The molecule has 2 atom stereocenters. The number of aliphatic hydroxyl groups is 1. The molecule has 3 heterocycles. The molecule has 3 saturated heterocycles. The lowest BCUT2D eigenvalue weighted by Gasteiger charge is -2.27. The van der Waals surface area contributed by atoms with Crippen LogP contribution in [0, 0.1) is 17.8 Å². The summed E-state index contributed by atoms with van der Waals surface area (Å²) < 4.78 is 5.37. The van der Waals surface area contributed by atoms with Crippen LogP contribution < -0.4 is 0 Å². The minimum absolute atomic E-state index is 0.139. The molecule has 0 aromatic heterocycles. The van der Waals surface area contributed by atoms with Gasteiger partial charge in [0.25, 0.3) is 0 Å². The lowest BCUT2D eigenvalue weighted by atomic mass is 9.96. The van der Waals surface area contributed by atoms with Crippen LogP contribution in [0.25, 0.3) is 0 Å². The molecule has 5 nitrogen and oxygen atoms in total. The zero-order valence-electron chi connectivity index (χ0n) is 14.3. The van der Waals surface area contributed by atoms with Gasteiger partial charge in [0.1, 0.15) is 0 Å². The van der Waals surface area contributed by atoms with E-state index in [4.69, 9.17) is 4.74 Å². The summed E-state index contributed by atoms with van der Waals surface area (Å²) in [6.07, 6.45) is 6.99. The number of carbonyl (C=O) groups excluding carboxylic acids is 1. The maximum absolute atomic E-state index is 12.7. The lowest BCUT2D eigenvalue weighted by Crippen LogP contribution is -2.38. The van der Waals surface area contributed by atoms with Gasteiger partial charge in [0, 0.05) is 51.3 Å². The number of nitrogens with zero attached hydrogens (tertiary/aromatic N) is 2. The summed E-state index contributed by atoms with van der Waals surface area (Å²) in [5, 5.41) is 9.75. The van der Waals surface area contributed by atoms with Crippen molar-refractivity contribution in [2.45, 2.75) is 38.5 Å². The fourth-order valence-corrected chi connectivity index (χ4v) is 4.39. The first-order chi connectivity index (χ1) is 11.3. The molecular weight excluding hydrogens is 292 g/mol. The van der Waals surface area contributed by atoms with Gasteiger partial charge in [-0.2, -0.15) is 0 Å². The molecular formula is C18H32N2O3. The van der Waals surface area contributed by atoms with Crippen LogP contribution in [0.1, 0.15) is 38.5 Å². The molecule has 3 aliphatic heterocycles. The highest BCUT2D eigenvalue weighted by atomic mass is 16.5. The molecule has 1 N–H and O–H groups in total. The highest BCUT2D eigenvalue weighted by Crippen LogP contribution is 2.28. The van der Waals surface area contributed by atoms with Crippen LogP contribution in [0.5, 0.6) is 0 Å². The summed E-state index contributed by atoms with van der Waals surface area (Å²) in [5.74, 6) is 1.12. The van der Waals surface area contributed by atoms with Crippen LogP contribution in [0.15, 0.2) is 0 Å². The van der Waals surface area contributed by atoms with E-state index >= 15 is 0 Å². The fourth-order valence-electron chi connectivity index (χ4n) is 4.39. The van der Waals surface area contributed by atoms with E-state index in [2.05, 4.69) is 4.90 Å². The van der Waals surface area contributed by atoms with Crippen molar-refractivity contribution >= 4 is 5.91 Å². The van der Waals surface area contributed by atoms with E-state index in [9.17, 15) is 9.90 Å². The average molecular weight is 324 g/mol. The van der Waals surface area contributed by atoms with Gasteiger partial charge < -0.3 is 19.6 Å². The van der Waals surface area contributed by atoms with Gasteiger partial charge in [-0.1, -0.05) is 12.8 Å². The summed E-state index contributed by atoms with van der Waals surface area (Å²) >= 11 is 0. The first-order valence-corrected chi connectivity index (χ1v) is 9.47. The molecule has 3 fully saturated rings. The highest BCUT2D eigenvalue weighted by molar-refractivity contribution is 5.79. The summed E-state index contributed by atoms with van der Waals surface area (Å²) in [6.45, 7) is 6.61. The summed E-state index contributed by atoms with van der Waals surface area (Å²) in [6, 6.07) is 0. The van der Waals surface area contributed by atoms with Crippen LogP contribution >= 0.6 is 0 Å². The zero-order valence-corrected chi connectivity index (χ0v) is 14.3. The Hall–Kier alpha value is -0.650. The molecule has 0 radical (unpaired) electrons. The van der Waals surface area contributed by atoms with Gasteiger partial charge in [-0.25, -0.2) is 0 Å². The molecule has 5 heteroatoms. The molecule has 0 aromatic rings. The van der Waals surface area contributed by atoms with Gasteiger partial charge in [-0.15, -0.1) is 0 Å². The third-order valence-corrected chi connectivity index (χ3v) is 5.88. The first-order valence-electron chi connectivity index (χ1n) is 9.47. The van der Waals surface area contributed by atoms with Crippen molar-refractivity contribution in [1.29, 1.82) is 0 Å². The fraction of sp³-hybridized carbons (Fsp3) is 0.944. The van der Waals surface area contributed by atoms with E-state index in [-0.39, 0.29) is 18.4 Å². The van der Waals surface area contributed by atoms with Crippen LogP contribution in [0.4, 0.5) is 0 Å². The number of carbonyl (C=O) groups is 1. The van der Waals surface area contributed by atoms with Crippen molar-refractivity contribution in [2.75, 3.05) is 52.5 Å². The average Bonchev–Trinajstić information content (AvgIpc) is 2.82. The van der Waals surface area contributed by atoms with Crippen molar-refractivity contribution in [3.05, 3.63) is 0 Å². The Labute approximate surface area is 140 Å². The van der Waals surface area contributed by atoms with Crippen molar-refractivity contribution in [2.24, 2.45) is 17.8 Å². The van der Waals surface area contributed by atoms with Gasteiger partial charge in [-0.3, -0.25) is 4.79 Å². The molecule has 1 amide bonds. The molecule has 2 unspecified atom stereocenters. The predicted molar refractivity (Wildman–Crippen MR) is 89.1 cm³/mol. The van der Waals surface area contributed by atoms with E-state index < -0.39 is 0 Å². The number of rotatable bonds is 4. The van der Waals surface area contributed by atoms with Gasteiger partial charge >= 0.3 is 0 Å². The van der Waals surface area contributed by atoms with Gasteiger partial charge in [0.15, 0.2) is 0 Å². The van der Waals surface area contributed by atoms with E-state index in [1.165, 1.54) is 38.8 Å². The largest absolute Gasteiger partial charge is 0.396 e. The van der Waals surface area contributed by atoms with E-state index in [1.54, 1.807) is 0 Å². The maximum atomic E-state index is 12.7. The van der Waals surface area contributed by atoms with Crippen molar-refractivity contribution in [1.82, 2.24) is 9.80 Å². The molecule has 0 aliphatic carbocycles. The number of hydrogen-bond donors (Lipinski definition) is 1. The smallest absolute Gasteiger partial charge is 0.225 e. The van der Waals surface area contributed by atoms with Crippen LogP contribution in [-0.2, 0) is 9.53 Å². The van der Waals surface area contributed by atoms with Crippen LogP contribution in [-0.4, -0.2) is 73.4 Å². The Morgan fingerprint density at radius 2 is 1.65 bits per heavy atom. The third kappa shape index (κ3) is 4.46. The molecule has 23 heavy (non-hydrogen) atoms. The van der Waals surface area contributed by atoms with Crippen molar-refractivity contribution in [3.63, 3.8) is 0 Å². The molecule has 0 aromatic carbocycles. The van der Waals surface area contributed by atoms with Gasteiger partial charge in [0.05, 0.1) is 0 Å². The SMILES string of the molecule is O=C(C1CCOCC1)N1CC(CO)C(CN2CCCCCC2)C1. The monoisotopic (exact) mass is 324 g/mol. The first kappa shape index (κ1) is 17.2. The normalized spacial score (nSPS) is 31.3. The highest BCUT2D eigenvalue weighted by Gasteiger charge is 2.38. The minimum atomic E-state index is 0.139. The molecule has 3 rings (SSSR count). The quantitative estimate of drug-likeness (QED) is 0.848. The molecule has 0 saturated carbocycles. The molecule has 132 valence electrons. The maximum Gasteiger partial charge on any atom is 0.225 e. The molecule has 0 bridgehead atoms. The van der Waals surface area contributed by atoms with Crippen LogP contribution in [0.2, 0.25) is 0 Å². The number of amides is 1. The predicted octanol–water partition coefficient (Wildman–Crippen LogP) is 1.36. The summed E-state index contributed by atoms with van der Waals surface area (Å²) in [7, 11) is 0. The third-order valence-electron chi connectivity index (χ3n) is 5.88. The zero-order chi connectivity index (χ0) is 16.1. The Kier molecular flexibility index (Phi) is 6.31. The number of likely N-dealkylation sites (tertiary alicyclic amines) is 2. The lowest BCUT2D eigenvalue weighted by molar-refractivity contribution is -0.137. The minimum Gasteiger partial charge on any atom is -0.396 e. The molecule has 0 spiro atoms. The second-order valence-corrected chi connectivity index (χ2v) is 7.55. The Balaban J connectivity index is 1.55. The number of ether oxygens (including phenoxy) is 1. The Morgan fingerprint density at radius 3 is 2.30 bits per heavy atom. The second kappa shape index (κ2) is 8.45. The Bertz CT molecular complexity index is 376. The standard InChI is InChI=1S/C18H32N2O3/c21-14-17-13-20(18(22)15-5-9-23-10-6-15)12-16(17)11-19-7-3-1-2-4-8-19/h15-17,21H,1-14H2. The van der Waals surface area contributed by atoms with E-state index in [0.29, 0.717) is 25.0 Å². The number of hydrogen-bond acceptors (Lipinski definition) is 4. The second-order valence-electron chi connectivity index (χ2n) is 7.55. The van der Waals surface area contributed by atoms with Gasteiger partial charge in [-0.05, 0) is 44.7 Å². The summed E-state index contributed by atoms with van der Waals surface area (Å²) in [4.78, 5) is 17.3.